The molecule has 2 aromatic carbocycles. The van der Waals surface area contributed by atoms with Crippen molar-refractivity contribution in [2.75, 3.05) is 29.2 Å². The summed E-state index contributed by atoms with van der Waals surface area (Å²) in [6, 6.07) is 28.1. The Hall–Kier alpha value is -6.14. The van der Waals surface area contributed by atoms with Crippen LogP contribution in [0.2, 0.25) is 0 Å². The molecule has 0 bridgehead atoms. The van der Waals surface area contributed by atoms with Crippen molar-refractivity contribution in [2.24, 2.45) is 0 Å². The molecule has 1 aliphatic rings. The first kappa shape index (κ1) is 32.8. The van der Waals surface area contributed by atoms with Gasteiger partial charge in [0.05, 0.1) is 0 Å². The molecule has 1 saturated heterocycles. The summed E-state index contributed by atoms with van der Waals surface area (Å²) in [5.41, 5.74) is 4.20. The number of rotatable bonds is 10. The average Bonchev–Trinajstić information content (AvgIpc) is 3.74. The molecule has 248 valence electrons. The van der Waals surface area contributed by atoms with Crippen molar-refractivity contribution in [3.63, 3.8) is 0 Å². The van der Waals surface area contributed by atoms with Gasteiger partial charge < -0.3 is 20.7 Å². The molecule has 0 amide bonds. The van der Waals surface area contributed by atoms with Gasteiger partial charge in [-0.15, -0.1) is 0 Å². The third kappa shape index (κ3) is 10.4. The maximum atomic E-state index is 5.45. The van der Waals surface area contributed by atoms with Crippen molar-refractivity contribution in [1.29, 1.82) is 0 Å². The molecule has 7 rings (SSSR count). The van der Waals surface area contributed by atoms with Crippen LogP contribution in [0.5, 0.6) is 0 Å². The Morgan fingerprint density at radius 2 is 1.16 bits per heavy atom. The molecule has 12 nitrogen and oxygen atoms in total. The number of benzene rings is 2. The molecule has 1 aliphatic heterocycles. The van der Waals surface area contributed by atoms with Crippen LogP contribution in [0.1, 0.15) is 47.0 Å². The van der Waals surface area contributed by atoms with Crippen LogP contribution in [0.25, 0.3) is 24.3 Å². The second-order valence-corrected chi connectivity index (χ2v) is 11.4. The van der Waals surface area contributed by atoms with E-state index in [1.165, 1.54) is 0 Å². The first-order valence-electron chi connectivity index (χ1n) is 16.1. The summed E-state index contributed by atoms with van der Waals surface area (Å²) in [6.07, 6.45) is 11.5. The van der Waals surface area contributed by atoms with Crippen LogP contribution in [0, 0.1) is 13.8 Å². The van der Waals surface area contributed by atoms with Crippen LogP contribution in [-0.4, -0.2) is 59.6 Å². The number of anilines is 5. The van der Waals surface area contributed by atoms with E-state index >= 15 is 0 Å². The SMILES string of the molecule is Cc1cc(Nc2cc(NC3CCOCC3)nc(/C=C/c3ccccc3)n2)n[nH]1.Cc1cc(Nc2ccnc(/C=C/c3ccccc3)n2)n[nH]1. The van der Waals surface area contributed by atoms with Gasteiger partial charge in [-0.2, -0.15) is 10.2 Å². The maximum Gasteiger partial charge on any atom is 0.156 e. The maximum absolute atomic E-state index is 5.45. The summed E-state index contributed by atoms with van der Waals surface area (Å²) in [5, 5.41) is 24.1. The Kier molecular flexibility index (Phi) is 11.1. The van der Waals surface area contributed by atoms with Gasteiger partial charge >= 0.3 is 0 Å². The summed E-state index contributed by atoms with van der Waals surface area (Å²) >= 11 is 0. The van der Waals surface area contributed by atoms with Crippen LogP contribution in [-0.2, 0) is 4.74 Å². The number of nitrogens with zero attached hydrogens (tertiary/aromatic N) is 6. The molecule has 0 unspecified atom stereocenters. The third-order valence-electron chi connectivity index (χ3n) is 7.36. The fourth-order valence-corrected chi connectivity index (χ4v) is 4.95. The molecule has 4 aromatic heterocycles. The van der Waals surface area contributed by atoms with Gasteiger partial charge in [-0.1, -0.05) is 72.8 Å². The van der Waals surface area contributed by atoms with Crippen LogP contribution in [0.3, 0.4) is 0 Å². The lowest BCUT2D eigenvalue weighted by Crippen LogP contribution is -2.28. The van der Waals surface area contributed by atoms with Crippen molar-refractivity contribution < 1.29 is 4.74 Å². The lowest BCUT2D eigenvalue weighted by molar-refractivity contribution is 0.0904. The highest BCUT2D eigenvalue weighted by atomic mass is 16.5. The van der Waals surface area contributed by atoms with E-state index in [0.29, 0.717) is 29.3 Å². The van der Waals surface area contributed by atoms with Crippen molar-refractivity contribution in [1.82, 2.24) is 40.3 Å². The molecule has 0 saturated carbocycles. The molecule has 12 heteroatoms. The standard InChI is InChI=1S/C21H24N6O.C16H15N5/c1-15-13-21(27-26-15)25-20-14-19(22-17-9-11-28-12-10-17)23-18(24-20)8-7-16-5-3-2-4-6-16;1-12-11-16(21-20-12)19-15-9-10-17-14(18-15)8-7-13-5-3-2-4-6-13/h2-8,13-14,17H,9-12H2,1H3,(H3,22,23,24,25,26,27);2-11H,1H3,(H2,17,18,19,20,21)/b2*8-7+. The Morgan fingerprint density at radius 1 is 0.612 bits per heavy atom. The van der Waals surface area contributed by atoms with E-state index in [1.807, 2.05) is 123 Å². The minimum absolute atomic E-state index is 0.357. The predicted molar refractivity (Wildman–Crippen MR) is 195 cm³/mol. The molecule has 0 atom stereocenters. The quantitative estimate of drug-likeness (QED) is 0.101. The van der Waals surface area contributed by atoms with E-state index in [9.17, 15) is 0 Å². The van der Waals surface area contributed by atoms with Crippen molar-refractivity contribution >= 4 is 53.4 Å². The van der Waals surface area contributed by atoms with E-state index < -0.39 is 0 Å². The summed E-state index contributed by atoms with van der Waals surface area (Å²) in [4.78, 5) is 18.0. The average molecular weight is 654 g/mol. The van der Waals surface area contributed by atoms with Gasteiger partial charge in [0.1, 0.15) is 17.5 Å². The number of H-pyrrole nitrogens is 2. The molecule has 5 heterocycles. The molecule has 5 N–H and O–H groups in total. The Labute approximate surface area is 285 Å². The molecule has 0 radical (unpaired) electrons. The third-order valence-corrected chi connectivity index (χ3v) is 7.36. The van der Waals surface area contributed by atoms with Gasteiger partial charge in [-0.3, -0.25) is 10.2 Å². The molecular formula is C37H39N11O. The summed E-state index contributed by atoms with van der Waals surface area (Å²) in [7, 11) is 0. The molecular weight excluding hydrogens is 614 g/mol. The monoisotopic (exact) mass is 653 g/mol. The second kappa shape index (κ2) is 16.6. The predicted octanol–water partition coefficient (Wildman–Crippen LogP) is 7.44. The van der Waals surface area contributed by atoms with E-state index in [-0.39, 0.29) is 0 Å². The Bertz CT molecular complexity index is 1960. The number of hydrogen-bond donors (Lipinski definition) is 5. The van der Waals surface area contributed by atoms with Gasteiger partial charge in [0.2, 0.25) is 0 Å². The molecule has 49 heavy (non-hydrogen) atoms. The van der Waals surface area contributed by atoms with Gasteiger partial charge in [-0.05, 0) is 56.0 Å². The summed E-state index contributed by atoms with van der Waals surface area (Å²) < 4.78 is 5.45. The fourth-order valence-electron chi connectivity index (χ4n) is 4.95. The molecule has 1 fully saturated rings. The lowest BCUT2D eigenvalue weighted by Gasteiger charge is -2.23. The minimum Gasteiger partial charge on any atom is -0.381 e. The van der Waals surface area contributed by atoms with E-state index in [0.717, 1.165) is 66.0 Å². The fraction of sp³-hybridized carbons (Fsp3) is 0.189. The van der Waals surface area contributed by atoms with E-state index in [2.05, 4.69) is 56.3 Å². The zero-order chi connectivity index (χ0) is 33.7. The number of hydrogen-bond acceptors (Lipinski definition) is 10. The van der Waals surface area contributed by atoms with Crippen molar-refractivity contribution in [2.45, 2.75) is 32.7 Å². The molecule has 0 spiro atoms. The highest BCUT2D eigenvalue weighted by molar-refractivity contribution is 5.69. The number of aromatic nitrogens is 8. The first-order chi connectivity index (χ1) is 24.0. The summed E-state index contributed by atoms with van der Waals surface area (Å²) in [6.45, 7) is 5.47. The van der Waals surface area contributed by atoms with Gasteiger partial charge in [0.25, 0.3) is 0 Å². The van der Waals surface area contributed by atoms with Gasteiger partial charge in [-0.25, -0.2) is 19.9 Å². The first-order valence-corrected chi connectivity index (χ1v) is 16.1. The van der Waals surface area contributed by atoms with Gasteiger partial charge in [0.15, 0.2) is 23.3 Å². The Balaban J connectivity index is 0.000000177. The number of ether oxygens (including phenoxy) is 1. The van der Waals surface area contributed by atoms with Crippen molar-refractivity contribution in [3.05, 3.63) is 125 Å². The second-order valence-electron chi connectivity index (χ2n) is 11.4. The summed E-state index contributed by atoms with van der Waals surface area (Å²) in [5.74, 6) is 4.96. The zero-order valence-electron chi connectivity index (χ0n) is 27.5. The highest BCUT2D eigenvalue weighted by Crippen LogP contribution is 2.20. The zero-order valence-corrected chi connectivity index (χ0v) is 27.5. The van der Waals surface area contributed by atoms with Crippen molar-refractivity contribution in [3.8, 4) is 0 Å². The number of aromatic amines is 2. The minimum atomic E-state index is 0.357. The van der Waals surface area contributed by atoms with E-state index in [4.69, 9.17) is 4.74 Å². The van der Waals surface area contributed by atoms with Crippen LogP contribution in [0.15, 0.2) is 91.1 Å². The number of aryl methyl sites for hydroxylation is 2. The number of nitrogens with one attached hydrogen (secondary N) is 5. The Morgan fingerprint density at radius 3 is 1.76 bits per heavy atom. The van der Waals surface area contributed by atoms with E-state index in [1.54, 1.807) is 6.20 Å². The van der Waals surface area contributed by atoms with Gasteiger partial charge in [0, 0.05) is 55.0 Å². The topological polar surface area (TPSA) is 154 Å². The highest BCUT2D eigenvalue weighted by Gasteiger charge is 2.15. The smallest absolute Gasteiger partial charge is 0.156 e. The molecule has 0 aliphatic carbocycles. The largest absolute Gasteiger partial charge is 0.381 e. The lowest BCUT2D eigenvalue weighted by atomic mass is 10.1. The van der Waals surface area contributed by atoms with Crippen LogP contribution < -0.4 is 16.0 Å². The normalized spacial score (nSPS) is 13.3. The van der Waals surface area contributed by atoms with Crippen LogP contribution >= 0.6 is 0 Å². The molecule has 6 aromatic rings. The van der Waals surface area contributed by atoms with Crippen LogP contribution in [0.4, 0.5) is 29.1 Å².